The van der Waals surface area contributed by atoms with E-state index in [4.69, 9.17) is 9.47 Å². The number of nitrogens with one attached hydrogen (secondary N) is 1. The van der Waals surface area contributed by atoms with Crippen LogP contribution in [0.15, 0.2) is 48.7 Å². The van der Waals surface area contributed by atoms with Crippen LogP contribution >= 0.6 is 0 Å². The molecule has 0 amide bonds. The second-order valence-electron chi connectivity index (χ2n) is 7.13. The fourth-order valence-electron chi connectivity index (χ4n) is 3.77. The number of carbonyl (C=O) groups is 1. The molecular formula is C21H20N2O3. The Bertz CT molecular complexity index is 1020. The van der Waals surface area contributed by atoms with Crippen LogP contribution in [0.5, 0.6) is 11.5 Å². The van der Waals surface area contributed by atoms with Gasteiger partial charge in [0.25, 0.3) is 0 Å². The van der Waals surface area contributed by atoms with Gasteiger partial charge >= 0.3 is 0 Å². The third-order valence-corrected chi connectivity index (χ3v) is 5.55. The van der Waals surface area contributed by atoms with Gasteiger partial charge in [0.2, 0.25) is 6.79 Å². The van der Waals surface area contributed by atoms with Gasteiger partial charge in [-0.1, -0.05) is 12.1 Å². The van der Waals surface area contributed by atoms with Crippen LogP contribution < -0.4 is 14.8 Å². The zero-order valence-corrected chi connectivity index (χ0v) is 14.6. The number of hydrogen-bond donors (Lipinski definition) is 1. The average Bonchev–Trinajstić information content (AvgIpc) is 3.21. The molecule has 0 unspecified atom stereocenters. The van der Waals surface area contributed by atoms with E-state index in [-0.39, 0.29) is 18.0 Å². The second kappa shape index (κ2) is 5.53. The molecule has 2 aliphatic rings. The van der Waals surface area contributed by atoms with E-state index in [0.29, 0.717) is 6.54 Å². The molecule has 3 aromatic rings. The summed E-state index contributed by atoms with van der Waals surface area (Å²) < 4.78 is 12.9. The van der Waals surface area contributed by atoms with E-state index >= 15 is 0 Å². The number of anilines is 1. The highest BCUT2D eigenvalue weighted by molar-refractivity contribution is 5.96. The van der Waals surface area contributed by atoms with Crippen molar-refractivity contribution < 1.29 is 14.3 Å². The number of nitrogens with zero attached hydrogens (tertiary/aromatic N) is 1. The van der Waals surface area contributed by atoms with Gasteiger partial charge in [-0.2, -0.15) is 0 Å². The summed E-state index contributed by atoms with van der Waals surface area (Å²) in [5.41, 5.74) is 2.78. The van der Waals surface area contributed by atoms with Crippen molar-refractivity contribution in [3.05, 3.63) is 54.2 Å². The van der Waals surface area contributed by atoms with Gasteiger partial charge < -0.3 is 19.4 Å². The zero-order chi connectivity index (χ0) is 17.7. The molecule has 2 aromatic carbocycles. The first-order chi connectivity index (χ1) is 12.7. The van der Waals surface area contributed by atoms with E-state index in [1.807, 2.05) is 37.5 Å². The molecule has 1 aliphatic heterocycles. The van der Waals surface area contributed by atoms with E-state index in [1.165, 1.54) is 5.39 Å². The normalized spacial score (nSPS) is 16.7. The Hall–Kier alpha value is -2.95. The van der Waals surface area contributed by atoms with E-state index in [9.17, 15) is 4.79 Å². The predicted molar refractivity (Wildman–Crippen MR) is 99.9 cm³/mol. The Balaban J connectivity index is 1.34. The monoisotopic (exact) mass is 348 g/mol. The summed E-state index contributed by atoms with van der Waals surface area (Å²) in [6.45, 7) is 0.577. The van der Waals surface area contributed by atoms with Crippen LogP contribution in [0, 0.1) is 0 Å². The lowest BCUT2D eigenvalue weighted by molar-refractivity contribution is -0.119. The lowest BCUT2D eigenvalue weighted by atomic mass is 9.91. The summed E-state index contributed by atoms with van der Waals surface area (Å²) in [6.07, 6.45) is 3.83. The maximum atomic E-state index is 12.9. The number of benzene rings is 2. The average molecular weight is 348 g/mol. The summed E-state index contributed by atoms with van der Waals surface area (Å²) in [4.78, 5) is 12.9. The van der Waals surface area contributed by atoms with Crippen molar-refractivity contribution in [2.45, 2.75) is 18.3 Å². The van der Waals surface area contributed by atoms with E-state index in [0.717, 1.165) is 41.1 Å². The standard InChI is InChI=1S/C21H20N2O3/c1-23-9-6-14-2-4-16(11-17(14)23)22-12-20(24)21(7-8-21)15-3-5-18-19(10-15)26-13-25-18/h2-6,9-11,22H,7-8,12-13H2,1H3. The minimum Gasteiger partial charge on any atom is -0.454 e. The molecule has 0 atom stereocenters. The molecule has 132 valence electrons. The Labute approximate surface area is 151 Å². The third kappa shape index (κ3) is 2.35. The molecule has 5 nitrogen and oxygen atoms in total. The van der Waals surface area contributed by atoms with Gasteiger partial charge in [-0.15, -0.1) is 0 Å². The highest BCUT2D eigenvalue weighted by Crippen LogP contribution is 2.51. The molecule has 0 bridgehead atoms. The van der Waals surface area contributed by atoms with Crippen molar-refractivity contribution in [1.82, 2.24) is 4.57 Å². The summed E-state index contributed by atoms with van der Waals surface area (Å²) >= 11 is 0. The summed E-state index contributed by atoms with van der Waals surface area (Å²) in [5.74, 6) is 1.72. The van der Waals surface area contributed by atoms with Gasteiger partial charge in [0.15, 0.2) is 17.3 Å². The van der Waals surface area contributed by atoms with Crippen molar-refractivity contribution in [2.75, 3.05) is 18.7 Å². The van der Waals surface area contributed by atoms with Crippen LogP contribution in [-0.2, 0) is 17.3 Å². The van der Waals surface area contributed by atoms with Crippen LogP contribution in [0.2, 0.25) is 0 Å². The molecule has 1 aliphatic carbocycles. The van der Waals surface area contributed by atoms with Gasteiger partial charge in [-0.05, 0) is 54.1 Å². The molecule has 0 saturated heterocycles. The zero-order valence-electron chi connectivity index (χ0n) is 14.6. The minimum absolute atomic E-state index is 0.225. The van der Waals surface area contributed by atoms with Crippen LogP contribution in [0.25, 0.3) is 10.9 Å². The second-order valence-corrected chi connectivity index (χ2v) is 7.13. The number of hydrogen-bond acceptors (Lipinski definition) is 4. The molecule has 26 heavy (non-hydrogen) atoms. The SMILES string of the molecule is Cn1ccc2ccc(NCC(=O)C3(c4ccc5c(c4)OCO5)CC3)cc21. The largest absolute Gasteiger partial charge is 0.454 e. The molecule has 5 rings (SSSR count). The van der Waals surface area contributed by atoms with Crippen LogP contribution in [-0.4, -0.2) is 23.7 Å². The molecule has 1 fully saturated rings. The van der Waals surface area contributed by atoms with Crippen molar-refractivity contribution in [3.63, 3.8) is 0 Å². The molecule has 1 saturated carbocycles. The topological polar surface area (TPSA) is 52.5 Å². The quantitative estimate of drug-likeness (QED) is 0.765. The first-order valence-corrected chi connectivity index (χ1v) is 8.88. The first kappa shape index (κ1) is 15.3. The number of ether oxygens (including phenoxy) is 2. The Morgan fingerprint density at radius 1 is 1.12 bits per heavy atom. The van der Waals surface area contributed by atoms with Crippen molar-refractivity contribution >= 4 is 22.4 Å². The van der Waals surface area contributed by atoms with Gasteiger partial charge in [0.1, 0.15) is 0 Å². The smallest absolute Gasteiger partial charge is 0.231 e. The third-order valence-electron chi connectivity index (χ3n) is 5.55. The van der Waals surface area contributed by atoms with E-state index < -0.39 is 0 Å². The Morgan fingerprint density at radius 3 is 2.81 bits per heavy atom. The fraction of sp³-hybridized carbons (Fsp3) is 0.286. The lowest BCUT2D eigenvalue weighted by Gasteiger charge is -2.16. The van der Waals surface area contributed by atoms with Gasteiger partial charge in [-0.3, -0.25) is 4.79 Å². The highest BCUT2D eigenvalue weighted by Gasteiger charge is 2.50. The summed E-state index contributed by atoms with van der Waals surface area (Å²) in [6, 6.07) is 14.1. The maximum Gasteiger partial charge on any atom is 0.231 e. The number of Topliss-reactive ketones (excluding diaryl/α,β-unsaturated/α-hetero) is 1. The van der Waals surface area contributed by atoms with E-state index in [2.05, 4.69) is 28.1 Å². The summed E-state index contributed by atoms with van der Waals surface area (Å²) in [7, 11) is 2.02. The van der Waals surface area contributed by atoms with Crippen LogP contribution in [0.4, 0.5) is 5.69 Å². The summed E-state index contributed by atoms with van der Waals surface area (Å²) in [5, 5.41) is 4.50. The van der Waals surface area contributed by atoms with Crippen molar-refractivity contribution in [2.24, 2.45) is 7.05 Å². The molecule has 1 N–H and O–H groups in total. The Morgan fingerprint density at radius 2 is 1.96 bits per heavy atom. The number of aryl methyl sites for hydroxylation is 1. The molecule has 5 heteroatoms. The predicted octanol–water partition coefficient (Wildman–Crippen LogP) is 3.62. The molecule has 1 aromatic heterocycles. The van der Waals surface area contributed by atoms with Crippen LogP contribution in [0.3, 0.4) is 0 Å². The Kier molecular flexibility index (Phi) is 3.26. The van der Waals surface area contributed by atoms with Gasteiger partial charge in [0.05, 0.1) is 12.0 Å². The van der Waals surface area contributed by atoms with Gasteiger partial charge in [-0.25, -0.2) is 0 Å². The first-order valence-electron chi connectivity index (χ1n) is 8.88. The molecule has 0 spiro atoms. The fourth-order valence-corrected chi connectivity index (χ4v) is 3.77. The van der Waals surface area contributed by atoms with Crippen molar-refractivity contribution in [1.29, 1.82) is 0 Å². The highest BCUT2D eigenvalue weighted by atomic mass is 16.7. The number of carbonyl (C=O) groups excluding carboxylic acids is 1. The number of fused-ring (bicyclic) bond motifs is 2. The molecule has 2 heterocycles. The number of ketones is 1. The van der Waals surface area contributed by atoms with Gasteiger partial charge in [0, 0.05) is 24.4 Å². The molecule has 0 radical (unpaired) electrons. The minimum atomic E-state index is -0.372. The lowest BCUT2D eigenvalue weighted by Crippen LogP contribution is -2.27. The maximum absolute atomic E-state index is 12.9. The van der Waals surface area contributed by atoms with E-state index in [1.54, 1.807) is 0 Å². The van der Waals surface area contributed by atoms with Crippen LogP contribution in [0.1, 0.15) is 18.4 Å². The number of aromatic nitrogens is 1. The number of rotatable bonds is 5. The molecular weight excluding hydrogens is 328 g/mol. The van der Waals surface area contributed by atoms with Crippen molar-refractivity contribution in [3.8, 4) is 11.5 Å².